The Morgan fingerprint density at radius 1 is 0.939 bits per heavy atom. The molecule has 0 saturated heterocycles. The summed E-state index contributed by atoms with van der Waals surface area (Å²) in [5.74, 6) is -1.34. The van der Waals surface area contributed by atoms with Crippen LogP contribution in [0.2, 0.25) is 5.02 Å². The predicted octanol–water partition coefficient (Wildman–Crippen LogP) is 5.54. The van der Waals surface area contributed by atoms with E-state index in [4.69, 9.17) is 23.2 Å². The van der Waals surface area contributed by atoms with Crippen LogP contribution < -0.4 is 15.5 Å². The van der Waals surface area contributed by atoms with E-state index in [9.17, 15) is 14.4 Å². The van der Waals surface area contributed by atoms with Crippen molar-refractivity contribution in [1.82, 2.24) is 5.32 Å². The Hall–Kier alpha value is -2.83. The van der Waals surface area contributed by atoms with Crippen molar-refractivity contribution in [2.45, 2.75) is 51.5 Å². The van der Waals surface area contributed by atoms with Crippen LogP contribution in [-0.4, -0.2) is 23.8 Å². The first-order valence-corrected chi connectivity index (χ1v) is 11.8. The average molecular weight is 486 g/mol. The van der Waals surface area contributed by atoms with Gasteiger partial charge in [-0.1, -0.05) is 55.0 Å². The first-order chi connectivity index (χ1) is 15.8. The van der Waals surface area contributed by atoms with Gasteiger partial charge in [0, 0.05) is 22.3 Å². The summed E-state index contributed by atoms with van der Waals surface area (Å²) in [5.41, 5.74) is 2.17. The number of nitrogens with zero attached hydrogens (tertiary/aromatic N) is 1. The van der Waals surface area contributed by atoms with E-state index in [2.05, 4.69) is 10.6 Å². The summed E-state index contributed by atoms with van der Waals surface area (Å²) in [7, 11) is 0. The highest BCUT2D eigenvalue weighted by Gasteiger charge is 2.39. The van der Waals surface area contributed by atoms with Crippen LogP contribution in [-0.2, 0) is 9.59 Å². The van der Waals surface area contributed by atoms with Gasteiger partial charge in [0.15, 0.2) is 0 Å². The maximum absolute atomic E-state index is 13.0. The maximum Gasteiger partial charge on any atom is 0.283 e. The molecule has 2 aromatic rings. The van der Waals surface area contributed by atoms with Crippen molar-refractivity contribution in [2.75, 3.05) is 10.2 Å². The van der Waals surface area contributed by atoms with Crippen molar-refractivity contribution in [2.24, 2.45) is 0 Å². The molecule has 1 aliphatic heterocycles. The summed E-state index contributed by atoms with van der Waals surface area (Å²) in [5, 5.41) is 6.40. The highest BCUT2D eigenvalue weighted by molar-refractivity contribution is 6.53. The zero-order valence-electron chi connectivity index (χ0n) is 18.3. The van der Waals surface area contributed by atoms with Crippen LogP contribution in [0, 0.1) is 6.92 Å². The molecule has 6 nitrogen and oxygen atoms in total. The Morgan fingerprint density at radius 3 is 2.27 bits per heavy atom. The van der Waals surface area contributed by atoms with E-state index in [0.717, 1.165) is 36.1 Å². The molecule has 2 N–H and O–H groups in total. The number of anilines is 2. The molecule has 1 fully saturated rings. The van der Waals surface area contributed by atoms with Crippen LogP contribution in [0.15, 0.2) is 53.2 Å². The van der Waals surface area contributed by atoms with E-state index in [1.807, 2.05) is 6.92 Å². The summed E-state index contributed by atoms with van der Waals surface area (Å²) in [4.78, 5) is 39.6. The number of hydrogen-bond acceptors (Lipinski definition) is 4. The van der Waals surface area contributed by atoms with Gasteiger partial charge >= 0.3 is 0 Å². The predicted molar refractivity (Wildman–Crippen MR) is 131 cm³/mol. The van der Waals surface area contributed by atoms with Crippen molar-refractivity contribution in [3.63, 3.8) is 0 Å². The number of carbonyl (C=O) groups is 3. The molecule has 33 heavy (non-hydrogen) atoms. The van der Waals surface area contributed by atoms with Crippen molar-refractivity contribution < 1.29 is 14.4 Å². The third kappa shape index (κ3) is 5.07. The van der Waals surface area contributed by atoms with Crippen LogP contribution in [0.4, 0.5) is 11.4 Å². The third-order valence-electron chi connectivity index (χ3n) is 6.06. The number of hydrogen-bond donors (Lipinski definition) is 2. The minimum Gasteiger partial charge on any atom is -0.349 e. The lowest BCUT2D eigenvalue weighted by atomic mass is 10.1. The second-order valence-corrected chi connectivity index (χ2v) is 9.24. The number of carbonyl (C=O) groups excluding carboxylic acids is 3. The molecule has 1 heterocycles. The lowest BCUT2D eigenvalue weighted by Gasteiger charge is -2.18. The van der Waals surface area contributed by atoms with Crippen molar-refractivity contribution in [1.29, 1.82) is 0 Å². The summed E-state index contributed by atoms with van der Waals surface area (Å²) >= 11 is 12.2. The fourth-order valence-electron chi connectivity index (χ4n) is 4.16. The summed E-state index contributed by atoms with van der Waals surface area (Å²) in [6.07, 6.45) is 6.64. The van der Waals surface area contributed by atoms with Gasteiger partial charge in [-0.05, 0) is 61.7 Å². The topological polar surface area (TPSA) is 78.5 Å². The van der Waals surface area contributed by atoms with Gasteiger partial charge in [0.1, 0.15) is 10.7 Å². The maximum atomic E-state index is 13.0. The molecule has 0 spiro atoms. The molecule has 1 aliphatic carbocycles. The largest absolute Gasteiger partial charge is 0.349 e. The van der Waals surface area contributed by atoms with E-state index in [-0.39, 0.29) is 22.7 Å². The molecule has 0 atom stereocenters. The van der Waals surface area contributed by atoms with Gasteiger partial charge in [0.05, 0.1) is 5.69 Å². The Kier molecular flexibility index (Phi) is 7.05. The summed E-state index contributed by atoms with van der Waals surface area (Å²) < 4.78 is 0. The fourth-order valence-corrected chi connectivity index (χ4v) is 4.50. The van der Waals surface area contributed by atoms with Crippen LogP contribution in [0.1, 0.15) is 54.4 Å². The number of nitrogens with one attached hydrogen (secondary N) is 2. The van der Waals surface area contributed by atoms with Gasteiger partial charge < -0.3 is 10.6 Å². The first kappa shape index (κ1) is 23.3. The lowest BCUT2D eigenvalue weighted by Crippen LogP contribution is -2.34. The number of benzene rings is 2. The molecule has 0 aromatic heterocycles. The normalized spacial score (nSPS) is 17.4. The highest BCUT2D eigenvalue weighted by Crippen LogP contribution is 2.31. The zero-order valence-corrected chi connectivity index (χ0v) is 19.8. The van der Waals surface area contributed by atoms with Gasteiger partial charge in [-0.3, -0.25) is 14.4 Å². The second kappa shape index (κ2) is 9.98. The van der Waals surface area contributed by atoms with Crippen molar-refractivity contribution >= 4 is 52.3 Å². The van der Waals surface area contributed by atoms with Gasteiger partial charge in [-0.15, -0.1) is 0 Å². The van der Waals surface area contributed by atoms with E-state index in [1.165, 1.54) is 12.8 Å². The van der Waals surface area contributed by atoms with Crippen LogP contribution in [0.3, 0.4) is 0 Å². The van der Waals surface area contributed by atoms with Gasteiger partial charge in [-0.25, -0.2) is 4.90 Å². The van der Waals surface area contributed by atoms with Crippen LogP contribution in [0.25, 0.3) is 0 Å². The number of imide groups is 1. The summed E-state index contributed by atoms with van der Waals surface area (Å²) in [6.45, 7) is 1.85. The standard InChI is InChI=1S/C25H25Cl2N3O3/c1-15-8-9-16(23(31)28-18-6-4-2-3-5-7-18)14-20(15)29-22-21(27)24(32)30(25(22)33)19-12-10-17(26)11-13-19/h8-14,18,29H,2-7H2,1H3,(H,28,31). The van der Waals surface area contributed by atoms with E-state index in [0.29, 0.717) is 22.0 Å². The molecular formula is C25H25Cl2N3O3. The smallest absolute Gasteiger partial charge is 0.283 e. The monoisotopic (exact) mass is 485 g/mol. The minimum atomic E-state index is -0.619. The van der Waals surface area contributed by atoms with Crippen molar-refractivity contribution in [3.05, 3.63) is 69.3 Å². The molecule has 1 saturated carbocycles. The summed E-state index contributed by atoms with van der Waals surface area (Å²) in [6, 6.07) is 11.8. The van der Waals surface area contributed by atoms with Gasteiger partial charge in [0.2, 0.25) is 0 Å². The molecular weight excluding hydrogens is 461 g/mol. The Morgan fingerprint density at radius 2 is 1.61 bits per heavy atom. The highest BCUT2D eigenvalue weighted by atomic mass is 35.5. The number of rotatable bonds is 5. The van der Waals surface area contributed by atoms with Gasteiger partial charge in [-0.2, -0.15) is 0 Å². The molecule has 0 radical (unpaired) electrons. The second-order valence-electron chi connectivity index (χ2n) is 8.43. The minimum absolute atomic E-state index is 0.0268. The van der Waals surface area contributed by atoms with E-state index >= 15 is 0 Å². The fraction of sp³-hybridized carbons (Fsp3) is 0.320. The molecule has 3 amide bonds. The Bertz CT molecular complexity index is 1120. The first-order valence-electron chi connectivity index (χ1n) is 11.1. The zero-order chi connectivity index (χ0) is 23.5. The van der Waals surface area contributed by atoms with Crippen LogP contribution >= 0.6 is 23.2 Å². The Balaban J connectivity index is 1.53. The number of halogens is 2. The van der Waals surface area contributed by atoms with E-state index in [1.54, 1.807) is 42.5 Å². The molecule has 2 aromatic carbocycles. The lowest BCUT2D eigenvalue weighted by molar-refractivity contribution is -0.120. The molecule has 0 bridgehead atoms. The molecule has 4 rings (SSSR count). The molecule has 0 unspecified atom stereocenters. The molecule has 2 aliphatic rings. The van der Waals surface area contributed by atoms with Crippen molar-refractivity contribution in [3.8, 4) is 0 Å². The SMILES string of the molecule is Cc1ccc(C(=O)NC2CCCCCC2)cc1NC1=C(Cl)C(=O)N(c2ccc(Cl)cc2)C1=O. The Labute approximate surface area is 202 Å². The molecule has 8 heteroatoms. The van der Waals surface area contributed by atoms with Gasteiger partial charge in [0.25, 0.3) is 17.7 Å². The van der Waals surface area contributed by atoms with E-state index < -0.39 is 11.8 Å². The number of amides is 3. The third-order valence-corrected chi connectivity index (χ3v) is 6.66. The quantitative estimate of drug-likeness (QED) is 0.430. The van der Waals surface area contributed by atoms with Crippen LogP contribution in [0.5, 0.6) is 0 Å². The number of aryl methyl sites for hydroxylation is 1. The average Bonchev–Trinajstić information content (AvgIpc) is 2.98. The molecule has 172 valence electrons.